The zero-order valence-electron chi connectivity index (χ0n) is 27.6. The first-order valence-corrected chi connectivity index (χ1v) is 17.8. The number of furan rings is 1. The molecule has 242 valence electrons. The van der Waals surface area contributed by atoms with Gasteiger partial charge in [0.2, 0.25) is 0 Å². The van der Waals surface area contributed by atoms with E-state index in [9.17, 15) is 0 Å². The first-order valence-electron chi connectivity index (χ1n) is 17.0. The Hall–Kier alpha value is -6.94. The number of fused-ring (bicyclic) bond motifs is 6. The predicted molar refractivity (Wildman–Crippen MR) is 213 cm³/mol. The second kappa shape index (κ2) is 12.1. The largest absolute Gasteiger partial charge is 0.455 e. The van der Waals surface area contributed by atoms with Crippen LogP contribution in [0.15, 0.2) is 162 Å². The Morgan fingerprint density at radius 2 is 1.12 bits per heavy atom. The fourth-order valence-electron chi connectivity index (χ4n) is 7.11. The summed E-state index contributed by atoms with van der Waals surface area (Å²) in [5.41, 5.74) is 8.92. The van der Waals surface area contributed by atoms with E-state index in [4.69, 9.17) is 25.9 Å². The molecule has 5 nitrogen and oxygen atoms in total. The molecule has 0 radical (unpaired) electrons. The number of para-hydroxylation sites is 1. The summed E-state index contributed by atoms with van der Waals surface area (Å²) in [5.74, 6) is 1.74. The Labute approximate surface area is 303 Å². The molecule has 0 atom stereocenters. The van der Waals surface area contributed by atoms with Crippen molar-refractivity contribution in [2.45, 2.75) is 0 Å². The van der Waals surface area contributed by atoms with Gasteiger partial charge in [-0.15, -0.1) is 11.3 Å². The van der Waals surface area contributed by atoms with Crippen LogP contribution >= 0.6 is 11.3 Å². The lowest BCUT2D eigenvalue weighted by Crippen LogP contribution is -2.01. The normalized spacial score (nSPS) is 11.4. The Bertz CT molecular complexity index is 3010. The van der Waals surface area contributed by atoms with E-state index in [-0.39, 0.29) is 0 Å². The van der Waals surface area contributed by atoms with Gasteiger partial charge in [-0.1, -0.05) is 133 Å². The summed E-state index contributed by atoms with van der Waals surface area (Å²) in [5, 5.41) is 4.36. The van der Waals surface area contributed by atoms with Gasteiger partial charge in [0.1, 0.15) is 11.2 Å². The molecule has 10 rings (SSSR count). The van der Waals surface area contributed by atoms with Gasteiger partial charge < -0.3 is 4.42 Å². The van der Waals surface area contributed by atoms with Crippen LogP contribution in [0.3, 0.4) is 0 Å². The molecule has 3 aromatic heterocycles. The van der Waals surface area contributed by atoms with Crippen molar-refractivity contribution in [3.63, 3.8) is 0 Å². The summed E-state index contributed by atoms with van der Waals surface area (Å²) in [6, 6.07) is 53.6. The Morgan fingerprint density at radius 1 is 0.462 bits per heavy atom. The SMILES string of the molecule is [C-]#[N+]c1ccc(-c2ccc(-c3ccc4c(oc5ccccc54)c3-c3nc(-c4ccccc4)nc(-c4cccc5sc6ccccc6c45)n3)cc2)cc1. The topological polar surface area (TPSA) is 56.2 Å². The molecule has 0 unspecified atom stereocenters. The average Bonchev–Trinajstić information content (AvgIpc) is 3.79. The van der Waals surface area contributed by atoms with E-state index < -0.39 is 0 Å². The van der Waals surface area contributed by atoms with E-state index in [1.165, 1.54) is 14.8 Å². The predicted octanol–water partition coefficient (Wildman–Crippen LogP) is 13.0. The summed E-state index contributed by atoms with van der Waals surface area (Å²) >= 11 is 1.78. The van der Waals surface area contributed by atoms with Crippen LogP contribution in [0.2, 0.25) is 0 Å². The van der Waals surface area contributed by atoms with Gasteiger partial charge in [-0.2, -0.15) is 0 Å². The Kier molecular flexibility index (Phi) is 6.98. The Morgan fingerprint density at radius 3 is 1.92 bits per heavy atom. The van der Waals surface area contributed by atoms with Gasteiger partial charge in [-0.05, 0) is 46.5 Å². The number of thiophene rings is 1. The highest BCUT2D eigenvalue weighted by Gasteiger charge is 2.23. The summed E-state index contributed by atoms with van der Waals surface area (Å²) in [4.78, 5) is 19.2. The molecule has 0 aliphatic carbocycles. The molecule has 0 fully saturated rings. The van der Waals surface area contributed by atoms with Crippen LogP contribution in [0, 0.1) is 6.57 Å². The maximum atomic E-state index is 7.31. The molecular formula is C46H26N4OS. The second-order valence-electron chi connectivity index (χ2n) is 12.6. The molecule has 0 N–H and O–H groups in total. The van der Waals surface area contributed by atoms with Crippen molar-refractivity contribution in [2.24, 2.45) is 0 Å². The van der Waals surface area contributed by atoms with E-state index in [0.29, 0.717) is 23.2 Å². The molecule has 52 heavy (non-hydrogen) atoms. The van der Waals surface area contributed by atoms with Gasteiger partial charge in [0, 0.05) is 42.1 Å². The number of hydrogen-bond acceptors (Lipinski definition) is 5. The third-order valence-corrected chi connectivity index (χ3v) is 10.7. The van der Waals surface area contributed by atoms with E-state index in [1.807, 2.05) is 72.8 Å². The van der Waals surface area contributed by atoms with Gasteiger partial charge in [0.05, 0.1) is 12.1 Å². The van der Waals surface area contributed by atoms with Crippen LogP contribution in [-0.4, -0.2) is 15.0 Å². The maximum Gasteiger partial charge on any atom is 0.187 e. The summed E-state index contributed by atoms with van der Waals surface area (Å²) in [7, 11) is 0. The molecule has 3 heterocycles. The molecule has 0 bridgehead atoms. The summed E-state index contributed by atoms with van der Waals surface area (Å²) in [6.07, 6.45) is 0. The monoisotopic (exact) mass is 682 g/mol. The smallest absolute Gasteiger partial charge is 0.187 e. The van der Waals surface area contributed by atoms with Crippen molar-refractivity contribution in [1.82, 2.24) is 15.0 Å². The number of hydrogen-bond donors (Lipinski definition) is 0. The standard InChI is InChI=1S/C46H26N4OS/c1-47-32-24-22-29(23-25-32)28-18-20-30(21-19-28)33-26-27-35-34-12-5-7-15-38(34)51-43(35)42(33)46-49-44(31-10-3-2-4-11-31)48-45(50-46)37-14-9-17-40-41(37)36-13-6-8-16-39(36)52-40/h2-27H. The van der Waals surface area contributed by atoms with Crippen LogP contribution < -0.4 is 0 Å². The van der Waals surface area contributed by atoms with Gasteiger partial charge >= 0.3 is 0 Å². The second-order valence-corrected chi connectivity index (χ2v) is 13.7. The quantitative estimate of drug-likeness (QED) is 0.170. The lowest BCUT2D eigenvalue weighted by Gasteiger charge is -2.14. The molecule has 0 saturated carbocycles. The highest BCUT2D eigenvalue weighted by molar-refractivity contribution is 7.25. The number of benzene rings is 7. The molecular weight excluding hydrogens is 657 g/mol. The van der Waals surface area contributed by atoms with Crippen LogP contribution in [0.1, 0.15) is 0 Å². The number of nitrogens with zero attached hydrogens (tertiary/aromatic N) is 4. The highest BCUT2D eigenvalue weighted by Crippen LogP contribution is 2.44. The third-order valence-electron chi connectivity index (χ3n) is 9.61. The lowest BCUT2D eigenvalue weighted by atomic mass is 9.94. The minimum absolute atomic E-state index is 0.541. The van der Waals surface area contributed by atoms with Crippen molar-refractivity contribution in [3.05, 3.63) is 169 Å². The number of rotatable bonds is 5. The molecule has 7 aromatic carbocycles. The van der Waals surface area contributed by atoms with Crippen molar-refractivity contribution < 1.29 is 4.42 Å². The van der Waals surface area contributed by atoms with Gasteiger partial charge in [0.15, 0.2) is 23.2 Å². The maximum absolute atomic E-state index is 7.31. The van der Waals surface area contributed by atoms with Crippen LogP contribution in [0.4, 0.5) is 5.69 Å². The molecule has 0 spiro atoms. The summed E-state index contributed by atoms with van der Waals surface area (Å²) < 4.78 is 9.11. The van der Waals surface area contributed by atoms with Crippen molar-refractivity contribution in [3.8, 4) is 56.4 Å². The number of aromatic nitrogens is 3. The van der Waals surface area contributed by atoms with E-state index in [1.54, 1.807) is 11.3 Å². The molecule has 0 aliphatic heterocycles. The van der Waals surface area contributed by atoms with E-state index >= 15 is 0 Å². The minimum atomic E-state index is 0.541. The third kappa shape index (κ3) is 4.95. The van der Waals surface area contributed by atoms with Gasteiger partial charge in [-0.3, -0.25) is 0 Å². The fourth-order valence-corrected chi connectivity index (χ4v) is 8.24. The summed E-state index contributed by atoms with van der Waals surface area (Å²) in [6.45, 7) is 7.31. The molecule has 0 saturated heterocycles. The molecule has 0 aliphatic rings. The lowest BCUT2D eigenvalue weighted by molar-refractivity contribution is 0.669. The zero-order chi connectivity index (χ0) is 34.6. The van der Waals surface area contributed by atoms with E-state index in [2.05, 4.69) is 89.8 Å². The van der Waals surface area contributed by atoms with E-state index in [0.717, 1.165) is 66.3 Å². The van der Waals surface area contributed by atoms with Crippen LogP contribution in [-0.2, 0) is 0 Å². The first-order chi connectivity index (χ1) is 25.7. The zero-order valence-corrected chi connectivity index (χ0v) is 28.4. The Balaban J connectivity index is 1.24. The van der Waals surface area contributed by atoms with Crippen LogP contribution in [0.5, 0.6) is 0 Å². The van der Waals surface area contributed by atoms with Gasteiger partial charge in [0.25, 0.3) is 0 Å². The van der Waals surface area contributed by atoms with Crippen LogP contribution in [0.25, 0.3) is 103 Å². The van der Waals surface area contributed by atoms with Crippen molar-refractivity contribution in [2.75, 3.05) is 0 Å². The minimum Gasteiger partial charge on any atom is -0.455 e. The van der Waals surface area contributed by atoms with Crippen molar-refractivity contribution >= 4 is 59.1 Å². The highest BCUT2D eigenvalue weighted by atomic mass is 32.1. The fraction of sp³-hybridized carbons (Fsp3) is 0. The molecule has 10 aromatic rings. The van der Waals surface area contributed by atoms with Gasteiger partial charge in [-0.25, -0.2) is 19.8 Å². The molecule has 6 heteroatoms. The first kappa shape index (κ1) is 29.9. The average molecular weight is 683 g/mol. The molecule has 0 amide bonds. The van der Waals surface area contributed by atoms with Crippen molar-refractivity contribution in [1.29, 1.82) is 0 Å².